The number of furan rings is 1. The lowest BCUT2D eigenvalue weighted by Gasteiger charge is -2.26. The van der Waals surface area contributed by atoms with E-state index in [1.807, 2.05) is 18.2 Å². The van der Waals surface area contributed by atoms with Crippen LogP contribution in [0.25, 0.3) is 17.4 Å². The molecule has 0 fully saturated rings. The highest BCUT2D eigenvalue weighted by molar-refractivity contribution is 7.07. The molecule has 5 rings (SSSR count). The predicted octanol–water partition coefficient (Wildman–Crippen LogP) is 4.73. The van der Waals surface area contributed by atoms with E-state index in [0.29, 0.717) is 48.6 Å². The van der Waals surface area contributed by atoms with Crippen molar-refractivity contribution in [2.75, 3.05) is 20.8 Å². The van der Waals surface area contributed by atoms with Gasteiger partial charge in [-0.15, -0.1) is 0 Å². The number of benzene rings is 2. The van der Waals surface area contributed by atoms with E-state index in [2.05, 4.69) is 4.99 Å². The van der Waals surface area contributed by atoms with Crippen LogP contribution in [0.4, 0.5) is 0 Å². The summed E-state index contributed by atoms with van der Waals surface area (Å²) in [4.78, 5) is 32.1. The largest absolute Gasteiger partial charge is 0.497 e. The first-order valence-electron chi connectivity index (χ1n) is 12.1. The van der Waals surface area contributed by atoms with Gasteiger partial charge in [-0.25, -0.2) is 9.79 Å². The number of ether oxygens (including phenoxy) is 3. The molecule has 1 aliphatic heterocycles. The van der Waals surface area contributed by atoms with Gasteiger partial charge in [0.2, 0.25) is 0 Å². The van der Waals surface area contributed by atoms with E-state index in [0.717, 1.165) is 5.56 Å². The number of carbonyl (C=O) groups excluding carboxylic acids is 1. The number of fused-ring (bicyclic) bond motifs is 1. The molecule has 0 aliphatic carbocycles. The van der Waals surface area contributed by atoms with E-state index in [-0.39, 0.29) is 17.7 Å². The number of nitrogens with zero attached hydrogens (tertiary/aromatic N) is 2. The van der Waals surface area contributed by atoms with Gasteiger partial charge < -0.3 is 18.6 Å². The van der Waals surface area contributed by atoms with Crippen molar-refractivity contribution >= 4 is 35.0 Å². The van der Waals surface area contributed by atoms with Crippen LogP contribution in [0.5, 0.6) is 11.5 Å². The summed E-state index contributed by atoms with van der Waals surface area (Å²) in [7, 11) is 3.08. The summed E-state index contributed by atoms with van der Waals surface area (Å²) in [5.41, 5.74) is 1.88. The molecule has 0 amide bonds. The van der Waals surface area contributed by atoms with Crippen LogP contribution in [-0.2, 0) is 9.53 Å². The summed E-state index contributed by atoms with van der Waals surface area (Å²) in [6, 6.07) is 15.4. The molecule has 2 aromatic carbocycles. The number of hydrogen-bond acceptors (Lipinski definition) is 8. The van der Waals surface area contributed by atoms with Crippen molar-refractivity contribution < 1.29 is 23.4 Å². The molecular formula is C29H25ClN2O6S. The molecule has 3 heterocycles. The molecule has 0 saturated heterocycles. The summed E-state index contributed by atoms with van der Waals surface area (Å²) >= 11 is 7.21. The molecule has 0 spiro atoms. The van der Waals surface area contributed by atoms with E-state index >= 15 is 0 Å². The SMILES string of the molecule is CCOC(=O)C1=C(C)N=c2s/c(=C\c3ccc(-c4ccc(Cl)cc4)o3)c(=O)n2[C@H]1c1ccc(OC)cc1OC. The minimum atomic E-state index is -0.815. The second-order valence-corrected chi connectivity index (χ2v) is 10.1. The third-order valence-electron chi connectivity index (χ3n) is 6.28. The summed E-state index contributed by atoms with van der Waals surface area (Å²) in [6.07, 6.45) is 1.68. The molecule has 0 unspecified atom stereocenters. The van der Waals surface area contributed by atoms with Crippen LogP contribution in [-0.4, -0.2) is 31.4 Å². The maximum absolute atomic E-state index is 13.9. The fourth-order valence-corrected chi connectivity index (χ4v) is 5.61. The van der Waals surface area contributed by atoms with Crippen LogP contribution >= 0.6 is 22.9 Å². The van der Waals surface area contributed by atoms with E-state index in [9.17, 15) is 9.59 Å². The third-order valence-corrected chi connectivity index (χ3v) is 7.52. The van der Waals surface area contributed by atoms with E-state index in [4.69, 9.17) is 30.2 Å². The number of carbonyl (C=O) groups is 1. The van der Waals surface area contributed by atoms with Crippen LogP contribution in [0.3, 0.4) is 0 Å². The average Bonchev–Trinajstić information content (AvgIpc) is 3.52. The van der Waals surface area contributed by atoms with Crippen LogP contribution < -0.4 is 24.4 Å². The highest BCUT2D eigenvalue weighted by Crippen LogP contribution is 2.37. The molecule has 0 saturated carbocycles. The second kappa shape index (κ2) is 11.0. The maximum Gasteiger partial charge on any atom is 0.338 e. The number of esters is 1. The summed E-state index contributed by atoms with van der Waals surface area (Å²) < 4.78 is 24.3. The monoisotopic (exact) mass is 564 g/mol. The van der Waals surface area contributed by atoms with E-state index in [1.165, 1.54) is 23.0 Å². The van der Waals surface area contributed by atoms with Gasteiger partial charge in [-0.2, -0.15) is 0 Å². The van der Waals surface area contributed by atoms with Crippen molar-refractivity contribution in [3.05, 3.63) is 102 Å². The number of methoxy groups -OCH3 is 2. The van der Waals surface area contributed by atoms with Crippen LogP contribution in [0, 0.1) is 0 Å². The Bertz CT molecular complexity index is 1760. The fraction of sp³-hybridized carbons (Fsp3) is 0.207. The highest BCUT2D eigenvalue weighted by Gasteiger charge is 2.35. The van der Waals surface area contributed by atoms with Gasteiger partial charge in [-0.3, -0.25) is 9.36 Å². The third kappa shape index (κ3) is 5.03. The van der Waals surface area contributed by atoms with Crippen molar-refractivity contribution in [3.63, 3.8) is 0 Å². The zero-order chi connectivity index (χ0) is 27.7. The predicted molar refractivity (Wildman–Crippen MR) is 149 cm³/mol. The number of aromatic nitrogens is 1. The lowest BCUT2D eigenvalue weighted by Crippen LogP contribution is -2.40. The molecule has 1 aliphatic rings. The van der Waals surface area contributed by atoms with Crippen LogP contribution in [0.15, 0.2) is 80.1 Å². The Balaban J connectivity index is 1.67. The van der Waals surface area contributed by atoms with Gasteiger partial charge in [0.25, 0.3) is 5.56 Å². The van der Waals surface area contributed by atoms with Gasteiger partial charge >= 0.3 is 5.97 Å². The number of rotatable bonds is 7. The molecule has 39 heavy (non-hydrogen) atoms. The van der Waals surface area contributed by atoms with Gasteiger partial charge in [0.15, 0.2) is 4.80 Å². The van der Waals surface area contributed by atoms with Gasteiger partial charge in [-0.1, -0.05) is 22.9 Å². The molecule has 8 nitrogen and oxygen atoms in total. The van der Waals surface area contributed by atoms with Gasteiger partial charge in [0, 0.05) is 28.3 Å². The van der Waals surface area contributed by atoms with Crippen molar-refractivity contribution in [3.8, 4) is 22.8 Å². The van der Waals surface area contributed by atoms with Crippen molar-refractivity contribution in [1.82, 2.24) is 4.57 Å². The topological polar surface area (TPSA) is 92.3 Å². The number of hydrogen-bond donors (Lipinski definition) is 0. The molecule has 10 heteroatoms. The zero-order valence-electron chi connectivity index (χ0n) is 21.7. The first kappa shape index (κ1) is 26.5. The molecule has 0 N–H and O–H groups in total. The van der Waals surface area contributed by atoms with Crippen molar-refractivity contribution in [1.29, 1.82) is 0 Å². The standard InChI is InChI=1S/C29H25ClN2O6S/c1-5-37-28(34)25-16(2)31-29-32(26(25)21-12-10-19(35-3)14-23(21)36-4)27(33)24(39-29)15-20-11-13-22(38-20)17-6-8-18(30)9-7-17/h6-15,26H,5H2,1-4H3/b24-15-/t26-/m0/s1. The Morgan fingerprint density at radius 2 is 1.90 bits per heavy atom. The maximum atomic E-state index is 13.9. The second-order valence-electron chi connectivity index (χ2n) is 8.62. The Hall–Kier alpha value is -4.08. The average molecular weight is 565 g/mol. The first-order valence-corrected chi connectivity index (χ1v) is 13.3. The van der Waals surface area contributed by atoms with E-state index < -0.39 is 12.0 Å². The minimum Gasteiger partial charge on any atom is -0.497 e. The molecule has 200 valence electrons. The Morgan fingerprint density at radius 1 is 1.13 bits per heavy atom. The van der Waals surface area contributed by atoms with Crippen molar-refractivity contribution in [2.24, 2.45) is 4.99 Å². The lowest BCUT2D eigenvalue weighted by molar-refractivity contribution is -0.139. The number of halogens is 1. The number of allylic oxidation sites excluding steroid dienone is 1. The molecule has 0 radical (unpaired) electrons. The fourth-order valence-electron chi connectivity index (χ4n) is 4.46. The minimum absolute atomic E-state index is 0.181. The van der Waals surface area contributed by atoms with Gasteiger partial charge in [-0.05, 0) is 62.4 Å². The molecular weight excluding hydrogens is 540 g/mol. The van der Waals surface area contributed by atoms with Crippen LogP contribution in [0.2, 0.25) is 5.02 Å². The summed E-state index contributed by atoms with van der Waals surface area (Å²) in [5, 5.41) is 0.632. The lowest BCUT2D eigenvalue weighted by atomic mass is 9.95. The van der Waals surface area contributed by atoms with E-state index in [1.54, 1.807) is 63.4 Å². The Morgan fingerprint density at radius 3 is 2.59 bits per heavy atom. The first-order chi connectivity index (χ1) is 18.8. The smallest absolute Gasteiger partial charge is 0.338 e. The summed E-state index contributed by atoms with van der Waals surface area (Å²) in [6.45, 7) is 3.64. The Labute approximate surface area is 233 Å². The number of thiazole rings is 1. The zero-order valence-corrected chi connectivity index (χ0v) is 23.3. The summed E-state index contributed by atoms with van der Waals surface area (Å²) in [5.74, 6) is 1.64. The van der Waals surface area contributed by atoms with Gasteiger partial charge in [0.1, 0.15) is 29.1 Å². The molecule has 2 aromatic heterocycles. The normalized spacial score (nSPS) is 15.1. The van der Waals surface area contributed by atoms with Crippen molar-refractivity contribution in [2.45, 2.75) is 19.9 Å². The Kier molecular flexibility index (Phi) is 7.45. The quantitative estimate of drug-likeness (QED) is 0.301. The van der Waals surface area contributed by atoms with Gasteiger partial charge in [0.05, 0.1) is 36.6 Å². The molecule has 4 aromatic rings. The highest BCUT2D eigenvalue weighted by atomic mass is 35.5. The molecule has 1 atom stereocenters. The molecule has 0 bridgehead atoms. The van der Waals surface area contributed by atoms with Crippen LogP contribution in [0.1, 0.15) is 31.2 Å².